The fraction of sp³-hybridized carbons (Fsp3) is 1.00. The lowest BCUT2D eigenvalue weighted by molar-refractivity contribution is 0.0783. The molecule has 0 heterocycles. The minimum atomic E-state index is -2.25. The Kier molecular flexibility index (Phi) is 27.2. The highest BCUT2D eigenvalue weighted by Crippen LogP contribution is 2.11. The third-order valence-corrected chi connectivity index (χ3v) is 10.3. The molecule has 0 unspecified atom stereocenters. The number of hydrogen-bond acceptors (Lipinski definition) is 6. The highest BCUT2D eigenvalue weighted by Gasteiger charge is 2.33. The van der Waals surface area contributed by atoms with Gasteiger partial charge in [0, 0.05) is 54.2 Å². The van der Waals surface area contributed by atoms with Gasteiger partial charge in [-0.05, 0) is 39.9 Å². The average molecular weight is 566 g/mol. The van der Waals surface area contributed by atoms with Crippen LogP contribution in [0.4, 0.5) is 0 Å². The van der Waals surface area contributed by atoms with Gasteiger partial charge in [-0.15, -0.1) is 22.2 Å². The SMILES string of the molecule is CCO[Si](C)(OCC)OCC.CC[Si](C)(C)Cl.CO[Si](C)(OC)OC.C[Si](C)(Cl)Cl. The van der Waals surface area contributed by atoms with Crippen LogP contribution in [0.3, 0.4) is 0 Å². The molecule has 6 nitrogen and oxygen atoms in total. The van der Waals surface area contributed by atoms with Gasteiger partial charge in [0.2, 0.25) is 6.69 Å². The van der Waals surface area contributed by atoms with Gasteiger partial charge >= 0.3 is 17.6 Å². The van der Waals surface area contributed by atoms with E-state index >= 15 is 0 Å². The van der Waals surface area contributed by atoms with E-state index in [1.807, 2.05) is 47.0 Å². The highest BCUT2D eigenvalue weighted by atomic mass is 35.7. The Labute approximate surface area is 205 Å². The molecule has 0 atom stereocenters. The molecule has 0 spiro atoms. The van der Waals surface area contributed by atoms with E-state index in [4.69, 9.17) is 59.8 Å². The first-order valence-electron chi connectivity index (χ1n) is 10.1. The van der Waals surface area contributed by atoms with Crippen molar-refractivity contribution in [3.8, 4) is 0 Å². The zero-order chi connectivity index (χ0) is 25.1. The first-order valence-corrected chi connectivity index (χ1v) is 23.8. The number of hydrogen-bond donors (Lipinski definition) is 0. The Balaban J connectivity index is -0.000000158. The van der Waals surface area contributed by atoms with Crippen molar-refractivity contribution in [3.63, 3.8) is 0 Å². The molecular formula is C17H47Cl3O6Si4. The van der Waals surface area contributed by atoms with Crippen LogP contribution in [0.1, 0.15) is 27.7 Å². The van der Waals surface area contributed by atoms with Crippen molar-refractivity contribution in [2.75, 3.05) is 41.2 Å². The smallest absolute Gasteiger partial charge is 0.377 e. The summed E-state index contributed by atoms with van der Waals surface area (Å²) in [5, 5.41) is 0. The minimum Gasteiger partial charge on any atom is -0.377 e. The molecule has 0 aliphatic carbocycles. The van der Waals surface area contributed by atoms with E-state index in [1.165, 1.54) is 6.04 Å². The van der Waals surface area contributed by atoms with Gasteiger partial charge in [0.05, 0.1) is 0 Å². The van der Waals surface area contributed by atoms with Gasteiger partial charge in [-0.2, -0.15) is 11.1 Å². The summed E-state index contributed by atoms with van der Waals surface area (Å²) in [6.07, 6.45) is 0. The molecule has 0 radical (unpaired) electrons. The van der Waals surface area contributed by atoms with E-state index < -0.39 is 31.7 Å². The monoisotopic (exact) mass is 564 g/mol. The number of halogens is 3. The second-order valence-corrected chi connectivity index (χ2v) is 28.7. The summed E-state index contributed by atoms with van der Waals surface area (Å²) in [6, 6.07) is 1.18. The zero-order valence-electron chi connectivity index (χ0n) is 21.4. The summed E-state index contributed by atoms with van der Waals surface area (Å²) < 4.78 is 31.0. The van der Waals surface area contributed by atoms with Crippen molar-refractivity contribution < 1.29 is 26.6 Å². The Hall–Kier alpha value is 1.50. The van der Waals surface area contributed by atoms with Crippen LogP contribution in [0.2, 0.25) is 45.3 Å². The molecule has 0 aliphatic heterocycles. The molecule has 30 heavy (non-hydrogen) atoms. The Morgan fingerprint density at radius 2 is 0.733 bits per heavy atom. The second-order valence-electron chi connectivity index (χ2n) is 7.04. The summed E-state index contributed by atoms with van der Waals surface area (Å²) in [5.41, 5.74) is 0. The van der Waals surface area contributed by atoms with Gasteiger partial charge in [0.25, 0.3) is 0 Å². The maximum Gasteiger partial charge on any atom is 0.497 e. The van der Waals surface area contributed by atoms with Crippen LogP contribution in [-0.2, 0) is 26.6 Å². The molecule has 0 aromatic rings. The molecule has 0 aromatic heterocycles. The van der Waals surface area contributed by atoms with E-state index in [2.05, 4.69) is 20.0 Å². The van der Waals surface area contributed by atoms with E-state index in [0.717, 1.165) is 0 Å². The molecule has 0 N–H and O–H groups in total. The first kappa shape index (κ1) is 38.7. The molecule has 0 saturated carbocycles. The lowest BCUT2D eigenvalue weighted by Crippen LogP contribution is -2.42. The standard InChI is InChI=1S/C7H18O3Si.C4H11ClSi.C4H12O3Si.C2H6Cl2Si/c1-5-8-11(4,9-6-2)10-7-3;1-4-6(2,3)5;1-5-8(4,6-2)7-3;1-5(2,3)4/h5-7H2,1-4H3;4H2,1-3H3;1-4H3;1-2H3. The fourth-order valence-corrected chi connectivity index (χ4v) is 3.48. The zero-order valence-corrected chi connectivity index (χ0v) is 27.7. The lowest BCUT2D eigenvalue weighted by atomic mass is 10.9. The predicted octanol–water partition coefficient (Wildman–Crippen LogP) is 6.77. The third kappa shape index (κ3) is 36.8. The van der Waals surface area contributed by atoms with Gasteiger partial charge in [-0.1, -0.05) is 20.0 Å². The first-order chi connectivity index (χ1) is 13.4. The second kappa shape index (κ2) is 21.1. The van der Waals surface area contributed by atoms with Gasteiger partial charge < -0.3 is 26.6 Å². The molecule has 0 rings (SSSR count). The summed E-state index contributed by atoms with van der Waals surface area (Å²) in [4.78, 5) is 0. The van der Waals surface area contributed by atoms with Crippen molar-refractivity contribution in [1.29, 1.82) is 0 Å². The molecule has 13 heteroatoms. The molecule has 0 saturated heterocycles. The van der Waals surface area contributed by atoms with Crippen LogP contribution in [0.25, 0.3) is 0 Å². The van der Waals surface area contributed by atoms with Gasteiger partial charge in [-0.3, -0.25) is 0 Å². The molecule has 0 bridgehead atoms. The van der Waals surface area contributed by atoms with Crippen molar-refractivity contribution in [3.05, 3.63) is 0 Å². The van der Waals surface area contributed by atoms with Gasteiger partial charge in [0.1, 0.15) is 7.38 Å². The number of rotatable bonds is 10. The third-order valence-electron chi connectivity index (χ3n) is 3.17. The molecule has 188 valence electrons. The van der Waals surface area contributed by atoms with Crippen molar-refractivity contribution in [1.82, 2.24) is 0 Å². The van der Waals surface area contributed by atoms with Crippen LogP contribution >= 0.6 is 33.2 Å². The maximum atomic E-state index is 5.86. The summed E-state index contributed by atoms with van der Waals surface area (Å²) >= 11 is 16.7. The van der Waals surface area contributed by atoms with Crippen molar-refractivity contribution in [2.24, 2.45) is 0 Å². The topological polar surface area (TPSA) is 55.4 Å². The maximum absolute atomic E-state index is 5.86. The quantitative estimate of drug-likeness (QED) is 0.215. The van der Waals surface area contributed by atoms with Gasteiger partial charge in [0.15, 0.2) is 0 Å². The van der Waals surface area contributed by atoms with Crippen LogP contribution in [0.5, 0.6) is 0 Å². The van der Waals surface area contributed by atoms with Crippen LogP contribution in [-0.4, -0.2) is 72.8 Å². The normalized spacial score (nSPS) is 12.0. The van der Waals surface area contributed by atoms with Crippen molar-refractivity contribution >= 4 is 64.9 Å². The highest BCUT2D eigenvalue weighted by molar-refractivity contribution is 7.44. The van der Waals surface area contributed by atoms with Crippen LogP contribution < -0.4 is 0 Å². The van der Waals surface area contributed by atoms with Gasteiger partial charge in [-0.25, -0.2) is 0 Å². The van der Waals surface area contributed by atoms with E-state index in [1.54, 1.807) is 21.3 Å². The van der Waals surface area contributed by atoms with Crippen LogP contribution in [0, 0.1) is 0 Å². The largest absolute Gasteiger partial charge is 0.497 e. The van der Waals surface area contributed by atoms with E-state index in [-0.39, 0.29) is 0 Å². The Bertz CT molecular complexity index is 337. The molecule has 0 aromatic carbocycles. The average Bonchev–Trinajstić information content (AvgIpc) is 2.60. The summed E-state index contributed by atoms with van der Waals surface area (Å²) in [5.74, 6) is 0. The summed E-state index contributed by atoms with van der Waals surface area (Å²) in [7, 11) is -0.832. The van der Waals surface area contributed by atoms with E-state index in [0.29, 0.717) is 19.8 Å². The predicted molar refractivity (Wildman–Crippen MR) is 142 cm³/mol. The fourth-order valence-electron chi connectivity index (χ4n) is 1.16. The minimum absolute atomic E-state index is 0.655. The van der Waals surface area contributed by atoms with Crippen molar-refractivity contribution in [2.45, 2.75) is 73.0 Å². The summed E-state index contributed by atoms with van der Waals surface area (Å²) in [6.45, 7) is 20.0. The van der Waals surface area contributed by atoms with E-state index in [9.17, 15) is 0 Å². The Morgan fingerprint density at radius 1 is 0.533 bits per heavy atom. The Morgan fingerprint density at radius 3 is 0.800 bits per heavy atom. The molecule has 0 aliphatic rings. The molecule has 0 fully saturated rings. The molecule has 0 amide bonds. The molecular weight excluding hydrogens is 519 g/mol. The lowest BCUT2D eigenvalue weighted by Gasteiger charge is -2.23. The van der Waals surface area contributed by atoms with Crippen LogP contribution in [0.15, 0.2) is 0 Å².